The molecule has 4 aromatic carbocycles. The minimum absolute atomic E-state index is 0.200. The van der Waals surface area contributed by atoms with Gasteiger partial charge in [0.2, 0.25) is 0 Å². The molecule has 0 saturated carbocycles. The van der Waals surface area contributed by atoms with E-state index in [2.05, 4.69) is 16.0 Å². The van der Waals surface area contributed by atoms with Crippen LogP contribution < -0.4 is 16.0 Å². The predicted molar refractivity (Wildman–Crippen MR) is 144 cm³/mol. The van der Waals surface area contributed by atoms with Crippen molar-refractivity contribution >= 4 is 34.8 Å². The van der Waals surface area contributed by atoms with Gasteiger partial charge in [0.1, 0.15) is 0 Å². The molecule has 0 aliphatic heterocycles. The van der Waals surface area contributed by atoms with Gasteiger partial charge >= 0.3 is 0 Å². The average Bonchev–Trinajstić information content (AvgIpc) is 2.87. The molecule has 3 amide bonds. The van der Waals surface area contributed by atoms with Gasteiger partial charge in [0, 0.05) is 33.8 Å². The Morgan fingerprint density at radius 3 is 0.944 bits per heavy atom. The van der Waals surface area contributed by atoms with Gasteiger partial charge in [0.15, 0.2) is 0 Å². The first-order chi connectivity index (χ1) is 17.3. The molecule has 0 aliphatic carbocycles. The topological polar surface area (TPSA) is 87.3 Å². The van der Waals surface area contributed by atoms with E-state index in [1.165, 1.54) is 18.2 Å². The summed E-state index contributed by atoms with van der Waals surface area (Å²) in [7, 11) is 0. The Kier molecular flexibility index (Phi) is 7.25. The zero-order valence-corrected chi connectivity index (χ0v) is 20.4. The second-order valence-corrected chi connectivity index (χ2v) is 8.61. The van der Waals surface area contributed by atoms with Crippen molar-refractivity contribution in [2.75, 3.05) is 16.0 Å². The number of nitrogens with one attached hydrogen (secondary N) is 3. The number of anilines is 3. The fourth-order valence-corrected chi connectivity index (χ4v) is 3.74. The molecule has 0 spiro atoms. The molecule has 6 nitrogen and oxygen atoms in total. The fourth-order valence-electron chi connectivity index (χ4n) is 3.74. The van der Waals surface area contributed by atoms with Crippen LogP contribution >= 0.6 is 0 Å². The van der Waals surface area contributed by atoms with Crippen molar-refractivity contribution in [3.05, 3.63) is 124 Å². The van der Waals surface area contributed by atoms with E-state index in [1.807, 2.05) is 75.4 Å². The van der Waals surface area contributed by atoms with Gasteiger partial charge in [-0.15, -0.1) is 0 Å². The van der Waals surface area contributed by atoms with Crippen LogP contribution in [0, 0.1) is 20.8 Å². The van der Waals surface area contributed by atoms with Crippen LogP contribution in [0.1, 0.15) is 47.8 Å². The monoisotopic (exact) mass is 477 g/mol. The maximum Gasteiger partial charge on any atom is 0.255 e. The molecule has 4 aromatic rings. The standard InChI is InChI=1S/C30H27N3O3/c1-19-10-4-7-13-25(19)31-28(34)22-16-23(29(35)32-26-14-8-5-11-20(26)2)18-24(17-22)30(36)33-27-15-9-6-12-21(27)3/h4-18H,1-3H3,(H,31,34)(H,32,35)(H,33,36). The van der Waals surface area contributed by atoms with Crippen LogP contribution in [-0.2, 0) is 0 Å². The van der Waals surface area contributed by atoms with E-state index in [1.54, 1.807) is 18.2 Å². The summed E-state index contributed by atoms with van der Waals surface area (Å²) in [5.74, 6) is -1.25. The summed E-state index contributed by atoms with van der Waals surface area (Å²) in [6.07, 6.45) is 0. The molecule has 0 radical (unpaired) electrons. The SMILES string of the molecule is Cc1ccccc1NC(=O)c1cc(C(=O)Nc2ccccc2C)cc(C(=O)Nc2ccccc2C)c1. The Balaban J connectivity index is 1.69. The maximum atomic E-state index is 13.2. The highest BCUT2D eigenvalue weighted by atomic mass is 16.2. The van der Waals surface area contributed by atoms with Crippen LogP contribution in [0.4, 0.5) is 17.1 Å². The van der Waals surface area contributed by atoms with Crippen molar-refractivity contribution < 1.29 is 14.4 Å². The van der Waals surface area contributed by atoms with Crippen molar-refractivity contribution in [2.45, 2.75) is 20.8 Å². The number of para-hydroxylation sites is 3. The largest absolute Gasteiger partial charge is 0.322 e. The second-order valence-electron chi connectivity index (χ2n) is 8.61. The van der Waals surface area contributed by atoms with Crippen LogP contribution in [0.5, 0.6) is 0 Å². The Hall–Kier alpha value is -4.71. The van der Waals surface area contributed by atoms with Crippen LogP contribution in [0.25, 0.3) is 0 Å². The van der Waals surface area contributed by atoms with Gasteiger partial charge in [-0.25, -0.2) is 0 Å². The molecule has 180 valence electrons. The molecule has 3 N–H and O–H groups in total. The van der Waals surface area contributed by atoms with E-state index >= 15 is 0 Å². The maximum absolute atomic E-state index is 13.2. The minimum atomic E-state index is -0.417. The van der Waals surface area contributed by atoms with Gasteiger partial charge in [0.25, 0.3) is 17.7 Å². The Bertz CT molecular complexity index is 1270. The molecule has 36 heavy (non-hydrogen) atoms. The van der Waals surface area contributed by atoms with E-state index in [-0.39, 0.29) is 16.7 Å². The second kappa shape index (κ2) is 10.7. The minimum Gasteiger partial charge on any atom is -0.322 e. The van der Waals surface area contributed by atoms with Crippen LogP contribution in [0.2, 0.25) is 0 Å². The van der Waals surface area contributed by atoms with Crippen LogP contribution in [-0.4, -0.2) is 17.7 Å². The molecular weight excluding hydrogens is 450 g/mol. The lowest BCUT2D eigenvalue weighted by molar-refractivity contribution is 0.102. The van der Waals surface area contributed by atoms with E-state index < -0.39 is 17.7 Å². The normalized spacial score (nSPS) is 10.4. The highest BCUT2D eigenvalue weighted by Gasteiger charge is 2.18. The van der Waals surface area contributed by atoms with Gasteiger partial charge in [0.05, 0.1) is 0 Å². The van der Waals surface area contributed by atoms with Crippen molar-refractivity contribution in [3.8, 4) is 0 Å². The quantitative estimate of drug-likeness (QED) is 0.302. The van der Waals surface area contributed by atoms with Gasteiger partial charge in [-0.1, -0.05) is 54.6 Å². The summed E-state index contributed by atoms with van der Waals surface area (Å²) in [6, 6.07) is 26.7. The first-order valence-corrected chi connectivity index (χ1v) is 11.6. The lowest BCUT2D eigenvalue weighted by Gasteiger charge is -2.13. The highest BCUT2D eigenvalue weighted by Crippen LogP contribution is 2.21. The molecule has 0 fully saturated rings. The first-order valence-electron chi connectivity index (χ1n) is 11.6. The fraction of sp³-hybridized carbons (Fsp3) is 0.100. The molecule has 0 aliphatic rings. The Labute approximate surface area is 210 Å². The third kappa shape index (κ3) is 5.67. The lowest BCUT2D eigenvalue weighted by Crippen LogP contribution is -2.20. The zero-order valence-electron chi connectivity index (χ0n) is 20.4. The summed E-state index contributed by atoms with van der Waals surface area (Å²) < 4.78 is 0. The number of benzene rings is 4. The molecule has 0 aromatic heterocycles. The average molecular weight is 478 g/mol. The number of carbonyl (C=O) groups excluding carboxylic acids is 3. The molecule has 0 atom stereocenters. The number of amides is 3. The van der Waals surface area contributed by atoms with Crippen molar-refractivity contribution in [2.24, 2.45) is 0 Å². The van der Waals surface area contributed by atoms with Gasteiger partial charge in [-0.2, -0.15) is 0 Å². The van der Waals surface area contributed by atoms with E-state index in [9.17, 15) is 14.4 Å². The Morgan fingerprint density at radius 2 is 0.694 bits per heavy atom. The van der Waals surface area contributed by atoms with E-state index in [0.717, 1.165) is 16.7 Å². The molecule has 6 heteroatoms. The van der Waals surface area contributed by atoms with Gasteiger partial charge in [-0.05, 0) is 73.9 Å². The van der Waals surface area contributed by atoms with Gasteiger partial charge in [-0.3, -0.25) is 14.4 Å². The van der Waals surface area contributed by atoms with Crippen molar-refractivity contribution in [1.29, 1.82) is 0 Å². The van der Waals surface area contributed by atoms with Crippen LogP contribution in [0.3, 0.4) is 0 Å². The summed E-state index contributed by atoms with van der Waals surface area (Å²) in [5.41, 5.74) is 5.27. The first kappa shape index (κ1) is 24.4. The molecule has 0 heterocycles. The molecule has 0 bridgehead atoms. The molecule has 4 rings (SSSR count). The van der Waals surface area contributed by atoms with E-state index in [4.69, 9.17) is 0 Å². The summed E-state index contributed by atoms with van der Waals surface area (Å²) >= 11 is 0. The van der Waals surface area contributed by atoms with Crippen molar-refractivity contribution in [1.82, 2.24) is 0 Å². The number of aryl methyl sites for hydroxylation is 3. The number of rotatable bonds is 6. The number of hydrogen-bond donors (Lipinski definition) is 3. The van der Waals surface area contributed by atoms with Crippen LogP contribution in [0.15, 0.2) is 91.0 Å². The third-order valence-corrected chi connectivity index (χ3v) is 5.90. The zero-order chi connectivity index (χ0) is 25.7. The third-order valence-electron chi connectivity index (χ3n) is 5.90. The Morgan fingerprint density at radius 1 is 0.444 bits per heavy atom. The smallest absolute Gasteiger partial charge is 0.255 e. The number of hydrogen-bond acceptors (Lipinski definition) is 3. The van der Waals surface area contributed by atoms with E-state index in [0.29, 0.717) is 17.1 Å². The summed E-state index contributed by atoms with van der Waals surface area (Å²) in [5, 5.41) is 8.62. The summed E-state index contributed by atoms with van der Waals surface area (Å²) in [4.78, 5) is 39.5. The predicted octanol–water partition coefficient (Wildman–Crippen LogP) is 6.37. The molecule has 0 saturated heterocycles. The number of carbonyl (C=O) groups is 3. The lowest BCUT2D eigenvalue weighted by atomic mass is 10.0. The van der Waals surface area contributed by atoms with Gasteiger partial charge < -0.3 is 16.0 Å². The van der Waals surface area contributed by atoms with Crippen molar-refractivity contribution in [3.63, 3.8) is 0 Å². The molecule has 0 unspecified atom stereocenters. The summed E-state index contributed by atoms with van der Waals surface area (Å²) in [6.45, 7) is 5.67. The molecular formula is C30H27N3O3. The highest BCUT2D eigenvalue weighted by molar-refractivity contribution is 6.13.